The Morgan fingerprint density at radius 3 is 2.42 bits per heavy atom. The summed E-state index contributed by atoms with van der Waals surface area (Å²) >= 11 is 0. The van der Waals surface area contributed by atoms with Crippen LogP contribution in [0.5, 0.6) is 5.75 Å². The van der Waals surface area contributed by atoms with Crippen molar-refractivity contribution in [2.45, 2.75) is 44.1 Å². The maximum absolute atomic E-state index is 13.0. The Kier molecular flexibility index (Phi) is 7.46. The summed E-state index contributed by atoms with van der Waals surface area (Å²) in [6.45, 7) is 4.68. The van der Waals surface area contributed by atoms with Gasteiger partial charge in [-0.25, -0.2) is 12.8 Å². The molecule has 0 unspecified atom stereocenters. The van der Waals surface area contributed by atoms with Gasteiger partial charge in [0.25, 0.3) is 0 Å². The van der Waals surface area contributed by atoms with E-state index < -0.39 is 15.9 Å². The molecule has 8 heteroatoms. The molecule has 3 rings (SSSR count). The van der Waals surface area contributed by atoms with Gasteiger partial charge in [0.2, 0.25) is 15.9 Å². The third-order valence-electron chi connectivity index (χ3n) is 4.82. The number of carbonyl (C=O) groups is 1. The lowest BCUT2D eigenvalue weighted by Crippen LogP contribution is -2.35. The second kappa shape index (κ2) is 10.1. The highest BCUT2D eigenvalue weighted by atomic mass is 32.2. The highest BCUT2D eigenvalue weighted by Gasteiger charge is 2.27. The van der Waals surface area contributed by atoms with E-state index in [1.165, 1.54) is 34.6 Å². The number of anilines is 1. The molecule has 1 aliphatic heterocycles. The lowest BCUT2D eigenvalue weighted by atomic mass is 10.2. The monoisotopic (exact) mass is 446 g/mol. The molecule has 1 fully saturated rings. The Morgan fingerprint density at radius 2 is 1.77 bits per heavy atom. The van der Waals surface area contributed by atoms with E-state index >= 15 is 0 Å². The molecular weight excluding hydrogens is 419 g/mol. The number of piperidine rings is 1. The first-order valence-corrected chi connectivity index (χ1v) is 11.8. The zero-order valence-electron chi connectivity index (χ0n) is 17.7. The molecule has 2 aromatic rings. The van der Waals surface area contributed by atoms with E-state index in [1.807, 2.05) is 13.8 Å². The van der Waals surface area contributed by atoms with Crippen molar-refractivity contribution in [3.8, 4) is 5.75 Å². The number of amides is 1. The molecule has 0 aromatic heterocycles. The lowest BCUT2D eigenvalue weighted by molar-refractivity contribution is -0.111. The van der Waals surface area contributed by atoms with Gasteiger partial charge in [-0.3, -0.25) is 4.79 Å². The van der Waals surface area contributed by atoms with Crippen molar-refractivity contribution in [3.05, 3.63) is 59.9 Å². The highest BCUT2D eigenvalue weighted by molar-refractivity contribution is 7.89. The molecule has 0 atom stereocenters. The van der Waals surface area contributed by atoms with Crippen molar-refractivity contribution in [2.24, 2.45) is 0 Å². The summed E-state index contributed by atoms with van der Waals surface area (Å²) in [5.74, 6) is -0.426. The third kappa shape index (κ3) is 6.15. The van der Waals surface area contributed by atoms with Gasteiger partial charge in [0.05, 0.1) is 16.7 Å². The second-order valence-electron chi connectivity index (χ2n) is 7.66. The predicted octanol–water partition coefficient (Wildman–Crippen LogP) is 4.44. The topological polar surface area (TPSA) is 75.7 Å². The number of carbonyl (C=O) groups excluding carboxylic acids is 1. The smallest absolute Gasteiger partial charge is 0.248 e. The fourth-order valence-electron chi connectivity index (χ4n) is 3.30. The molecule has 6 nitrogen and oxygen atoms in total. The zero-order chi connectivity index (χ0) is 22.4. The van der Waals surface area contributed by atoms with E-state index in [1.54, 1.807) is 24.3 Å². The summed E-state index contributed by atoms with van der Waals surface area (Å²) < 4.78 is 46.3. The minimum atomic E-state index is -3.65. The van der Waals surface area contributed by atoms with Crippen molar-refractivity contribution >= 4 is 27.7 Å². The molecule has 1 aliphatic rings. The molecule has 1 heterocycles. The number of ether oxygens (including phenoxy) is 1. The van der Waals surface area contributed by atoms with E-state index in [0.29, 0.717) is 24.4 Å². The van der Waals surface area contributed by atoms with Crippen molar-refractivity contribution in [1.29, 1.82) is 0 Å². The third-order valence-corrected chi connectivity index (χ3v) is 6.72. The molecule has 0 saturated carbocycles. The number of halogens is 1. The van der Waals surface area contributed by atoms with Crippen LogP contribution in [-0.4, -0.2) is 37.8 Å². The van der Waals surface area contributed by atoms with Gasteiger partial charge in [0, 0.05) is 19.2 Å². The summed E-state index contributed by atoms with van der Waals surface area (Å²) in [6, 6.07) is 10.2. The van der Waals surface area contributed by atoms with Gasteiger partial charge in [-0.2, -0.15) is 4.31 Å². The Balaban J connectivity index is 1.84. The van der Waals surface area contributed by atoms with E-state index in [9.17, 15) is 17.6 Å². The number of hydrogen-bond acceptors (Lipinski definition) is 4. The maximum Gasteiger partial charge on any atom is 0.248 e. The largest absolute Gasteiger partial charge is 0.489 e. The van der Waals surface area contributed by atoms with Crippen LogP contribution in [0.2, 0.25) is 0 Å². The molecule has 0 spiro atoms. The fourth-order valence-corrected chi connectivity index (χ4v) is 4.84. The quantitative estimate of drug-likeness (QED) is 0.638. The van der Waals surface area contributed by atoms with Crippen LogP contribution in [0.15, 0.2) is 53.4 Å². The molecular formula is C23H27FN2O4S. The molecule has 0 radical (unpaired) electrons. The van der Waals surface area contributed by atoms with Gasteiger partial charge in [0.1, 0.15) is 11.6 Å². The van der Waals surface area contributed by atoms with Crippen molar-refractivity contribution in [3.63, 3.8) is 0 Å². The number of nitrogens with one attached hydrogen (secondary N) is 1. The molecule has 1 amide bonds. The molecule has 0 bridgehead atoms. The average molecular weight is 447 g/mol. The first kappa shape index (κ1) is 23.0. The summed E-state index contributed by atoms with van der Waals surface area (Å²) in [5.41, 5.74) is 0.942. The first-order valence-electron chi connectivity index (χ1n) is 10.3. The predicted molar refractivity (Wildman–Crippen MR) is 119 cm³/mol. The Labute approximate surface area is 182 Å². The average Bonchev–Trinajstić information content (AvgIpc) is 2.75. The van der Waals surface area contributed by atoms with Crippen LogP contribution in [0.1, 0.15) is 38.7 Å². The maximum atomic E-state index is 13.0. The Bertz CT molecular complexity index is 1040. The van der Waals surface area contributed by atoms with Crippen molar-refractivity contribution in [2.75, 3.05) is 18.4 Å². The Morgan fingerprint density at radius 1 is 1.10 bits per heavy atom. The van der Waals surface area contributed by atoms with Crippen LogP contribution in [0, 0.1) is 5.82 Å². The Hall–Kier alpha value is -2.71. The molecule has 1 saturated heterocycles. The minimum Gasteiger partial charge on any atom is -0.489 e. The van der Waals surface area contributed by atoms with E-state index in [0.717, 1.165) is 19.3 Å². The summed E-state index contributed by atoms with van der Waals surface area (Å²) in [4.78, 5) is 12.6. The van der Waals surface area contributed by atoms with Crippen LogP contribution in [0.3, 0.4) is 0 Å². The molecule has 0 aliphatic carbocycles. The second-order valence-corrected chi connectivity index (χ2v) is 9.60. The SMILES string of the molecule is CC(C)Oc1ccc(S(=O)(=O)N2CCCCC2)cc1NC(=O)/C=C\c1ccc(F)cc1. The zero-order valence-corrected chi connectivity index (χ0v) is 18.5. The van der Waals surface area contributed by atoms with Gasteiger partial charge in [-0.1, -0.05) is 18.6 Å². The number of nitrogens with zero attached hydrogens (tertiary/aromatic N) is 1. The summed E-state index contributed by atoms with van der Waals surface area (Å²) in [7, 11) is -3.65. The van der Waals surface area contributed by atoms with Crippen LogP contribution in [0.25, 0.3) is 6.08 Å². The van der Waals surface area contributed by atoms with E-state index in [4.69, 9.17) is 4.74 Å². The van der Waals surface area contributed by atoms with E-state index in [-0.39, 0.29) is 22.5 Å². The minimum absolute atomic E-state index is 0.114. The first-order chi connectivity index (χ1) is 14.8. The van der Waals surface area contributed by atoms with Gasteiger partial charge in [0.15, 0.2) is 0 Å². The number of hydrogen-bond donors (Lipinski definition) is 1. The van der Waals surface area contributed by atoms with Gasteiger partial charge < -0.3 is 10.1 Å². The van der Waals surface area contributed by atoms with Crippen molar-refractivity contribution < 1.29 is 22.3 Å². The molecule has 31 heavy (non-hydrogen) atoms. The highest BCUT2D eigenvalue weighted by Crippen LogP contribution is 2.31. The van der Waals surface area contributed by atoms with Gasteiger partial charge in [-0.05, 0) is 68.7 Å². The normalized spacial score (nSPS) is 15.4. The summed E-state index contributed by atoms with van der Waals surface area (Å²) in [6.07, 6.45) is 5.39. The van der Waals surface area contributed by atoms with E-state index in [2.05, 4.69) is 5.32 Å². The number of benzene rings is 2. The number of sulfonamides is 1. The molecule has 2 aromatic carbocycles. The van der Waals surface area contributed by atoms with Crippen LogP contribution in [-0.2, 0) is 14.8 Å². The van der Waals surface area contributed by atoms with Crippen LogP contribution >= 0.6 is 0 Å². The van der Waals surface area contributed by atoms with Crippen LogP contribution < -0.4 is 10.1 Å². The fraction of sp³-hybridized carbons (Fsp3) is 0.348. The number of rotatable bonds is 7. The van der Waals surface area contributed by atoms with Crippen LogP contribution in [0.4, 0.5) is 10.1 Å². The molecule has 1 N–H and O–H groups in total. The van der Waals surface area contributed by atoms with Gasteiger partial charge >= 0.3 is 0 Å². The standard InChI is InChI=1S/C23H27FN2O4S/c1-17(2)30-22-12-11-20(31(28,29)26-14-4-3-5-15-26)16-21(22)25-23(27)13-8-18-6-9-19(24)10-7-18/h6-13,16-17H,3-5,14-15H2,1-2H3,(H,25,27)/b13-8-. The lowest BCUT2D eigenvalue weighted by Gasteiger charge is -2.26. The molecule has 166 valence electrons. The summed E-state index contributed by atoms with van der Waals surface area (Å²) in [5, 5.41) is 2.71. The van der Waals surface area contributed by atoms with Crippen molar-refractivity contribution in [1.82, 2.24) is 4.31 Å². The van der Waals surface area contributed by atoms with Gasteiger partial charge in [-0.15, -0.1) is 0 Å².